The van der Waals surface area contributed by atoms with Crippen LogP contribution < -0.4 is 0 Å². The van der Waals surface area contributed by atoms with Crippen molar-refractivity contribution in [2.45, 2.75) is 19.8 Å². The number of thiazole rings is 1. The molecule has 0 radical (unpaired) electrons. The minimum Gasteiger partial charge on any atom is -0.476 e. The van der Waals surface area contributed by atoms with E-state index < -0.39 is 5.97 Å². The van der Waals surface area contributed by atoms with Crippen LogP contribution in [0.4, 0.5) is 0 Å². The van der Waals surface area contributed by atoms with Gasteiger partial charge in [0.15, 0.2) is 16.5 Å². The number of ketones is 1. The van der Waals surface area contributed by atoms with E-state index in [0.717, 1.165) is 24.2 Å². The van der Waals surface area contributed by atoms with Gasteiger partial charge >= 0.3 is 5.97 Å². The standard InChI is InChI=1S/C9H9NO3S/c1-9(2-3-9)6(11)7-10-5(4-14-7)8(12)13/h4H,2-3H2,1H3,(H,12,13). The van der Waals surface area contributed by atoms with Crippen LogP contribution in [0.15, 0.2) is 5.38 Å². The van der Waals surface area contributed by atoms with Gasteiger partial charge in [0.05, 0.1) is 0 Å². The van der Waals surface area contributed by atoms with E-state index in [1.165, 1.54) is 5.38 Å². The molecular formula is C9H9NO3S. The van der Waals surface area contributed by atoms with E-state index in [-0.39, 0.29) is 16.9 Å². The molecule has 1 N–H and O–H groups in total. The number of nitrogens with zero attached hydrogens (tertiary/aromatic N) is 1. The van der Waals surface area contributed by atoms with Gasteiger partial charge in [0.1, 0.15) is 0 Å². The molecule has 1 aliphatic rings. The third kappa shape index (κ3) is 1.43. The molecule has 1 aliphatic carbocycles. The summed E-state index contributed by atoms with van der Waals surface area (Å²) in [6.07, 6.45) is 1.77. The lowest BCUT2D eigenvalue weighted by Crippen LogP contribution is -2.12. The molecule has 0 saturated heterocycles. The molecule has 1 aromatic rings. The molecule has 1 fully saturated rings. The second kappa shape index (κ2) is 2.88. The number of carbonyl (C=O) groups is 2. The number of aromatic nitrogens is 1. The minimum absolute atomic E-state index is 0.0185. The van der Waals surface area contributed by atoms with Gasteiger partial charge in [-0.15, -0.1) is 11.3 Å². The Morgan fingerprint density at radius 2 is 2.21 bits per heavy atom. The molecule has 1 saturated carbocycles. The molecular weight excluding hydrogens is 202 g/mol. The Hall–Kier alpha value is -1.23. The minimum atomic E-state index is -1.08. The summed E-state index contributed by atoms with van der Waals surface area (Å²) in [6, 6.07) is 0. The number of carboxylic acids is 1. The van der Waals surface area contributed by atoms with Gasteiger partial charge in [-0.05, 0) is 12.8 Å². The number of carbonyl (C=O) groups excluding carboxylic acids is 1. The van der Waals surface area contributed by atoms with E-state index in [1.54, 1.807) is 0 Å². The Morgan fingerprint density at radius 1 is 1.57 bits per heavy atom. The largest absolute Gasteiger partial charge is 0.476 e. The molecule has 0 unspecified atom stereocenters. The molecule has 0 amide bonds. The smallest absolute Gasteiger partial charge is 0.355 e. The monoisotopic (exact) mass is 211 g/mol. The van der Waals surface area contributed by atoms with Crippen LogP contribution in [0, 0.1) is 5.41 Å². The van der Waals surface area contributed by atoms with Gasteiger partial charge in [-0.2, -0.15) is 0 Å². The van der Waals surface area contributed by atoms with E-state index in [4.69, 9.17) is 5.11 Å². The maximum atomic E-state index is 11.7. The normalized spacial score (nSPS) is 17.8. The van der Waals surface area contributed by atoms with Gasteiger partial charge in [-0.1, -0.05) is 6.92 Å². The summed E-state index contributed by atoms with van der Waals surface area (Å²) in [6.45, 7) is 1.89. The number of hydrogen-bond acceptors (Lipinski definition) is 4. The highest BCUT2D eigenvalue weighted by Gasteiger charge is 2.46. The number of hydrogen-bond donors (Lipinski definition) is 1. The molecule has 5 heteroatoms. The van der Waals surface area contributed by atoms with Crippen LogP contribution in [0.1, 0.15) is 40.1 Å². The van der Waals surface area contributed by atoms with Crippen LogP contribution in [0.25, 0.3) is 0 Å². The van der Waals surface area contributed by atoms with Crippen LogP contribution in [-0.4, -0.2) is 21.8 Å². The zero-order valence-electron chi connectivity index (χ0n) is 7.61. The third-order valence-electron chi connectivity index (χ3n) is 2.47. The van der Waals surface area contributed by atoms with Gasteiger partial charge in [-0.25, -0.2) is 9.78 Å². The van der Waals surface area contributed by atoms with Crippen molar-refractivity contribution in [1.82, 2.24) is 4.98 Å². The Balaban J connectivity index is 2.25. The first kappa shape index (κ1) is 9.33. The SMILES string of the molecule is CC1(C(=O)c2nc(C(=O)O)cs2)CC1. The summed E-state index contributed by atoms with van der Waals surface area (Å²) in [5, 5.41) is 10.4. The number of rotatable bonds is 3. The Bertz CT molecular complexity index is 406. The molecule has 0 aliphatic heterocycles. The van der Waals surface area contributed by atoms with E-state index in [1.807, 2.05) is 6.92 Å². The quantitative estimate of drug-likeness (QED) is 0.774. The highest BCUT2D eigenvalue weighted by molar-refractivity contribution is 7.12. The van der Waals surface area contributed by atoms with Crippen LogP contribution >= 0.6 is 11.3 Å². The lowest BCUT2D eigenvalue weighted by Gasteiger charge is -2.01. The van der Waals surface area contributed by atoms with Crippen LogP contribution in [0.5, 0.6) is 0 Å². The number of carboxylic acid groups (broad SMARTS) is 1. The average molecular weight is 211 g/mol. The van der Waals surface area contributed by atoms with Gasteiger partial charge in [-0.3, -0.25) is 4.79 Å². The van der Waals surface area contributed by atoms with E-state index in [9.17, 15) is 9.59 Å². The zero-order valence-corrected chi connectivity index (χ0v) is 8.43. The Kier molecular flexibility index (Phi) is 1.92. The summed E-state index contributed by atoms with van der Waals surface area (Å²) >= 11 is 1.11. The predicted octanol–water partition coefficient (Wildman–Crippen LogP) is 1.82. The average Bonchev–Trinajstić information content (AvgIpc) is 2.69. The van der Waals surface area contributed by atoms with Crippen molar-refractivity contribution in [1.29, 1.82) is 0 Å². The molecule has 0 aromatic carbocycles. The van der Waals surface area contributed by atoms with E-state index >= 15 is 0 Å². The van der Waals surface area contributed by atoms with Crippen molar-refractivity contribution < 1.29 is 14.7 Å². The van der Waals surface area contributed by atoms with Crippen molar-refractivity contribution >= 4 is 23.1 Å². The lowest BCUT2D eigenvalue weighted by atomic mass is 10.1. The van der Waals surface area contributed by atoms with E-state index in [2.05, 4.69) is 4.98 Å². The highest BCUT2D eigenvalue weighted by atomic mass is 32.1. The molecule has 0 spiro atoms. The van der Waals surface area contributed by atoms with E-state index in [0.29, 0.717) is 5.01 Å². The first-order chi connectivity index (χ1) is 6.53. The number of Topliss-reactive ketones (excluding diaryl/α,β-unsaturated/α-hetero) is 1. The van der Waals surface area contributed by atoms with Gasteiger partial charge < -0.3 is 5.11 Å². The second-order valence-electron chi connectivity index (χ2n) is 3.73. The third-order valence-corrected chi connectivity index (χ3v) is 3.31. The molecule has 74 valence electrons. The molecule has 4 nitrogen and oxygen atoms in total. The zero-order chi connectivity index (χ0) is 10.3. The van der Waals surface area contributed by atoms with Crippen LogP contribution in [0.3, 0.4) is 0 Å². The molecule has 0 atom stereocenters. The first-order valence-corrected chi connectivity index (χ1v) is 5.14. The summed E-state index contributed by atoms with van der Waals surface area (Å²) < 4.78 is 0. The number of aromatic carboxylic acids is 1. The maximum absolute atomic E-state index is 11.7. The fourth-order valence-corrected chi connectivity index (χ4v) is 2.03. The molecule has 1 heterocycles. The molecule has 1 aromatic heterocycles. The van der Waals surface area contributed by atoms with Crippen molar-refractivity contribution in [3.63, 3.8) is 0 Å². The van der Waals surface area contributed by atoms with Crippen LogP contribution in [0.2, 0.25) is 0 Å². The summed E-state index contributed by atoms with van der Waals surface area (Å²) in [5.74, 6) is -1.10. The summed E-state index contributed by atoms with van der Waals surface area (Å²) in [5.41, 5.74) is -0.309. The summed E-state index contributed by atoms with van der Waals surface area (Å²) in [7, 11) is 0. The van der Waals surface area contributed by atoms with Crippen molar-refractivity contribution in [2.75, 3.05) is 0 Å². The second-order valence-corrected chi connectivity index (χ2v) is 4.59. The van der Waals surface area contributed by atoms with Gasteiger partial charge in [0.2, 0.25) is 0 Å². The Labute approximate surface area is 84.6 Å². The molecule has 2 rings (SSSR count). The van der Waals surface area contributed by atoms with Gasteiger partial charge in [0, 0.05) is 10.8 Å². The highest BCUT2D eigenvalue weighted by Crippen LogP contribution is 2.47. The predicted molar refractivity (Wildman–Crippen MR) is 50.7 cm³/mol. The molecule has 0 bridgehead atoms. The fourth-order valence-electron chi connectivity index (χ4n) is 1.15. The fraction of sp³-hybridized carbons (Fsp3) is 0.444. The van der Waals surface area contributed by atoms with Crippen LogP contribution in [-0.2, 0) is 0 Å². The lowest BCUT2D eigenvalue weighted by molar-refractivity contribution is 0.0691. The van der Waals surface area contributed by atoms with Crippen molar-refractivity contribution in [3.05, 3.63) is 16.1 Å². The van der Waals surface area contributed by atoms with Crippen molar-refractivity contribution in [2.24, 2.45) is 5.41 Å². The topological polar surface area (TPSA) is 67.3 Å². The maximum Gasteiger partial charge on any atom is 0.355 e. The molecule has 14 heavy (non-hydrogen) atoms. The first-order valence-electron chi connectivity index (χ1n) is 4.26. The Morgan fingerprint density at radius 3 is 2.64 bits per heavy atom. The van der Waals surface area contributed by atoms with Crippen molar-refractivity contribution in [3.8, 4) is 0 Å². The van der Waals surface area contributed by atoms with Gasteiger partial charge in [0.25, 0.3) is 0 Å². The summed E-state index contributed by atoms with van der Waals surface area (Å²) in [4.78, 5) is 26.0.